The lowest BCUT2D eigenvalue weighted by molar-refractivity contribution is -0.132. The number of amides is 1. The number of nitrogens with zero attached hydrogens (tertiary/aromatic N) is 2. The number of H-pyrrole nitrogens is 1. The van der Waals surface area contributed by atoms with Crippen LogP contribution in [0.1, 0.15) is 57.2 Å². The van der Waals surface area contributed by atoms with Crippen LogP contribution < -0.4 is 14.4 Å². The number of aromatic nitrogens is 2. The van der Waals surface area contributed by atoms with Crippen molar-refractivity contribution in [1.29, 1.82) is 0 Å². The van der Waals surface area contributed by atoms with Gasteiger partial charge in [-0.1, -0.05) is 44.0 Å². The van der Waals surface area contributed by atoms with E-state index in [1.165, 1.54) is 4.90 Å². The normalized spacial score (nSPS) is 16.7. The van der Waals surface area contributed by atoms with Crippen LogP contribution in [-0.2, 0) is 9.59 Å². The molecule has 2 heterocycles. The molecule has 1 aliphatic heterocycles. The molecule has 1 fully saturated rings. The number of carbonyl (C=O) groups is 2. The number of unbranched alkanes of at least 4 members (excludes halogenated alkanes) is 2. The Kier molecular flexibility index (Phi) is 7.86. The van der Waals surface area contributed by atoms with Crippen molar-refractivity contribution in [2.24, 2.45) is 0 Å². The number of ether oxygens (including phenoxy) is 2. The number of aromatic amines is 1. The van der Waals surface area contributed by atoms with Crippen molar-refractivity contribution in [2.45, 2.75) is 52.2 Å². The Balaban J connectivity index is 1.56. The molecule has 1 unspecified atom stereocenters. The van der Waals surface area contributed by atoms with Crippen molar-refractivity contribution in [3.63, 3.8) is 0 Å². The quantitative estimate of drug-likeness (QED) is 0.103. The highest BCUT2D eigenvalue weighted by Crippen LogP contribution is 2.42. The van der Waals surface area contributed by atoms with Gasteiger partial charge in [0.1, 0.15) is 17.3 Å². The number of fused-ring (bicyclic) bond motifs is 1. The third-order valence-corrected chi connectivity index (χ3v) is 6.76. The molecule has 0 bridgehead atoms. The van der Waals surface area contributed by atoms with Gasteiger partial charge in [0, 0.05) is 5.56 Å². The van der Waals surface area contributed by atoms with Crippen LogP contribution in [0.3, 0.4) is 0 Å². The first-order valence-electron chi connectivity index (χ1n) is 13.6. The molecule has 8 heteroatoms. The highest BCUT2D eigenvalue weighted by Gasteiger charge is 2.48. The minimum atomic E-state index is -0.904. The second kappa shape index (κ2) is 11.7. The van der Waals surface area contributed by atoms with Gasteiger partial charge in [-0.25, -0.2) is 4.98 Å². The molecule has 8 nitrogen and oxygen atoms in total. The molecule has 0 spiro atoms. The average molecular weight is 540 g/mol. The van der Waals surface area contributed by atoms with Crippen molar-refractivity contribution in [3.8, 4) is 11.5 Å². The molecule has 0 radical (unpaired) electrons. The van der Waals surface area contributed by atoms with Crippen LogP contribution >= 0.6 is 0 Å². The summed E-state index contributed by atoms with van der Waals surface area (Å²) in [5.74, 6) is -0.260. The zero-order chi connectivity index (χ0) is 28.2. The maximum Gasteiger partial charge on any atom is 0.302 e. The van der Waals surface area contributed by atoms with Crippen LogP contribution in [0.15, 0.2) is 78.4 Å². The molecular weight excluding hydrogens is 506 g/mol. The maximum absolute atomic E-state index is 13.5. The van der Waals surface area contributed by atoms with Crippen LogP contribution in [0.2, 0.25) is 0 Å². The van der Waals surface area contributed by atoms with Gasteiger partial charge in [-0.3, -0.25) is 14.5 Å². The van der Waals surface area contributed by atoms with Crippen LogP contribution in [-0.4, -0.2) is 39.5 Å². The summed E-state index contributed by atoms with van der Waals surface area (Å²) >= 11 is 0. The summed E-state index contributed by atoms with van der Waals surface area (Å²) in [4.78, 5) is 36.0. The number of anilines is 1. The van der Waals surface area contributed by atoms with E-state index in [-0.39, 0.29) is 23.4 Å². The van der Waals surface area contributed by atoms with Crippen molar-refractivity contribution < 1.29 is 24.2 Å². The minimum absolute atomic E-state index is 0.00868. The first-order chi connectivity index (χ1) is 19.4. The minimum Gasteiger partial charge on any atom is -0.507 e. The molecule has 0 aliphatic carbocycles. The molecule has 206 valence electrons. The predicted molar refractivity (Wildman–Crippen MR) is 155 cm³/mol. The number of ketones is 1. The second-order valence-electron chi connectivity index (χ2n) is 10.1. The fourth-order valence-electron chi connectivity index (χ4n) is 4.83. The standard InChI is InChI=1S/C32H33N3O5/c1-4-5-8-19-39-23-15-13-22(14-16-23)29(36)27-28(21-11-17-24(18-12-21)40-20(2)3)35(31(38)30(27)37)32-33-25-9-6-7-10-26(25)34-32/h6-7,9-18,20,28,36H,4-5,8,19H2,1-3H3,(H,33,34)/b29-27+. The molecule has 3 aromatic carbocycles. The van der Waals surface area contributed by atoms with Gasteiger partial charge in [0.25, 0.3) is 5.78 Å². The number of hydrogen-bond donors (Lipinski definition) is 2. The summed E-state index contributed by atoms with van der Waals surface area (Å²) in [5.41, 5.74) is 2.42. The van der Waals surface area contributed by atoms with E-state index in [4.69, 9.17) is 9.47 Å². The molecule has 40 heavy (non-hydrogen) atoms. The Bertz CT molecular complexity index is 1500. The average Bonchev–Trinajstić information content (AvgIpc) is 3.49. The molecule has 5 rings (SSSR count). The lowest BCUT2D eigenvalue weighted by Gasteiger charge is -2.23. The van der Waals surface area contributed by atoms with E-state index in [1.807, 2.05) is 38.1 Å². The highest BCUT2D eigenvalue weighted by molar-refractivity contribution is 6.51. The van der Waals surface area contributed by atoms with Crippen molar-refractivity contribution in [1.82, 2.24) is 9.97 Å². The molecular formula is C32H33N3O5. The van der Waals surface area contributed by atoms with Gasteiger partial charge in [0.05, 0.1) is 35.4 Å². The number of benzene rings is 3. The summed E-state index contributed by atoms with van der Waals surface area (Å²) in [5, 5.41) is 11.4. The van der Waals surface area contributed by atoms with E-state index in [2.05, 4.69) is 16.9 Å². The third-order valence-electron chi connectivity index (χ3n) is 6.76. The zero-order valence-electron chi connectivity index (χ0n) is 22.9. The van der Waals surface area contributed by atoms with Crippen molar-refractivity contribution in [2.75, 3.05) is 11.5 Å². The molecule has 1 saturated heterocycles. The van der Waals surface area contributed by atoms with E-state index in [0.717, 1.165) is 24.8 Å². The second-order valence-corrected chi connectivity index (χ2v) is 10.1. The Morgan fingerprint density at radius 2 is 1.68 bits per heavy atom. The zero-order valence-corrected chi connectivity index (χ0v) is 22.9. The van der Waals surface area contributed by atoms with Gasteiger partial charge >= 0.3 is 5.91 Å². The predicted octanol–water partition coefficient (Wildman–Crippen LogP) is 6.55. The van der Waals surface area contributed by atoms with Gasteiger partial charge in [0.15, 0.2) is 0 Å². The van der Waals surface area contributed by atoms with Gasteiger partial charge in [-0.05, 0) is 74.4 Å². The monoisotopic (exact) mass is 539 g/mol. The number of imidazole rings is 1. The van der Waals surface area contributed by atoms with Gasteiger partial charge < -0.3 is 19.6 Å². The molecule has 1 amide bonds. The summed E-state index contributed by atoms with van der Waals surface area (Å²) in [6, 6.07) is 20.5. The van der Waals surface area contributed by atoms with E-state index < -0.39 is 17.7 Å². The van der Waals surface area contributed by atoms with E-state index >= 15 is 0 Å². The Hall–Kier alpha value is -4.59. The van der Waals surface area contributed by atoms with Crippen LogP contribution in [0, 0.1) is 0 Å². The van der Waals surface area contributed by atoms with E-state index in [1.54, 1.807) is 48.5 Å². The summed E-state index contributed by atoms with van der Waals surface area (Å²) in [6.45, 7) is 6.62. The summed E-state index contributed by atoms with van der Waals surface area (Å²) < 4.78 is 11.6. The SMILES string of the molecule is CCCCCOc1ccc(/C(O)=C2\C(=O)C(=O)N(c3nc4ccccc4[nH]3)C2c2ccc(OC(C)C)cc2)cc1. The largest absolute Gasteiger partial charge is 0.507 e. The Morgan fingerprint density at radius 3 is 2.35 bits per heavy atom. The first kappa shape index (κ1) is 27.0. The van der Waals surface area contributed by atoms with Gasteiger partial charge in [-0.2, -0.15) is 0 Å². The van der Waals surface area contributed by atoms with Crippen LogP contribution in [0.4, 0.5) is 5.95 Å². The number of para-hydroxylation sites is 2. The van der Waals surface area contributed by atoms with Gasteiger partial charge in [-0.15, -0.1) is 0 Å². The van der Waals surface area contributed by atoms with E-state index in [9.17, 15) is 14.7 Å². The number of aliphatic hydroxyl groups is 1. The number of aliphatic hydroxyl groups excluding tert-OH is 1. The molecule has 1 aliphatic rings. The van der Waals surface area contributed by atoms with Crippen molar-refractivity contribution >= 4 is 34.4 Å². The number of nitrogens with one attached hydrogen (secondary N) is 1. The first-order valence-corrected chi connectivity index (χ1v) is 13.6. The maximum atomic E-state index is 13.5. The molecule has 4 aromatic rings. The van der Waals surface area contributed by atoms with Crippen LogP contribution in [0.5, 0.6) is 11.5 Å². The fraction of sp³-hybridized carbons (Fsp3) is 0.281. The summed E-state index contributed by atoms with van der Waals surface area (Å²) in [6.07, 6.45) is 3.15. The lowest BCUT2D eigenvalue weighted by Crippen LogP contribution is -2.30. The Labute approximate surface area is 233 Å². The highest BCUT2D eigenvalue weighted by atomic mass is 16.5. The summed E-state index contributed by atoms with van der Waals surface area (Å²) in [7, 11) is 0. The van der Waals surface area contributed by atoms with Crippen LogP contribution in [0.25, 0.3) is 16.8 Å². The smallest absolute Gasteiger partial charge is 0.302 e. The Morgan fingerprint density at radius 1 is 0.975 bits per heavy atom. The van der Waals surface area contributed by atoms with Gasteiger partial charge in [0.2, 0.25) is 5.95 Å². The molecule has 1 atom stereocenters. The molecule has 0 saturated carbocycles. The topological polar surface area (TPSA) is 105 Å². The number of hydrogen-bond acceptors (Lipinski definition) is 6. The number of Topliss-reactive ketones (excluding diaryl/α,β-unsaturated/α-hetero) is 1. The molecule has 1 aromatic heterocycles. The fourth-order valence-corrected chi connectivity index (χ4v) is 4.83. The molecule has 2 N–H and O–H groups in total. The number of rotatable bonds is 10. The third kappa shape index (κ3) is 5.43. The van der Waals surface area contributed by atoms with Crippen molar-refractivity contribution in [3.05, 3.63) is 89.5 Å². The lowest BCUT2D eigenvalue weighted by atomic mass is 9.95. The van der Waals surface area contributed by atoms with E-state index in [0.29, 0.717) is 34.7 Å². The number of carbonyl (C=O) groups excluding carboxylic acids is 2.